The topological polar surface area (TPSA) is 61.4 Å². The van der Waals surface area contributed by atoms with Gasteiger partial charge in [0.25, 0.3) is 0 Å². The number of carbonyl (C=O) groups excluding carboxylic acids is 2. The molecule has 1 aromatic carbocycles. The van der Waals surface area contributed by atoms with Crippen molar-refractivity contribution in [3.8, 4) is 0 Å². The molecule has 2 amide bonds. The minimum Gasteiger partial charge on any atom is -0.344 e. The summed E-state index contributed by atoms with van der Waals surface area (Å²) in [7, 11) is 0. The number of likely N-dealkylation sites (tertiary alicyclic amines) is 1. The fourth-order valence-corrected chi connectivity index (χ4v) is 3.00. The van der Waals surface area contributed by atoms with E-state index in [0.29, 0.717) is 19.5 Å². The van der Waals surface area contributed by atoms with Crippen molar-refractivity contribution in [1.29, 1.82) is 0 Å². The largest absolute Gasteiger partial charge is 0.344 e. The Morgan fingerprint density at radius 1 is 1.29 bits per heavy atom. The maximum Gasteiger partial charge on any atom is 0.245 e. The van der Waals surface area contributed by atoms with Gasteiger partial charge in [-0.2, -0.15) is 0 Å². The lowest BCUT2D eigenvalue weighted by atomic mass is 10.1. The van der Waals surface area contributed by atoms with Gasteiger partial charge in [0.15, 0.2) is 0 Å². The smallest absolute Gasteiger partial charge is 0.245 e. The van der Waals surface area contributed by atoms with Crippen LogP contribution in [0.25, 0.3) is 0 Å². The monoisotopic (exact) mass is 287 g/mol. The Morgan fingerprint density at radius 3 is 2.81 bits per heavy atom. The Labute approximate surface area is 124 Å². The number of nitrogens with one attached hydrogen (secondary N) is 2. The van der Waals surface area contributed by atoms with Gasteiger partial charge in [-0.05, 0) is 24.9 Å². The minimum absolute atomic E-state index is 0.0138. The summed E-state index contributed by atoms with van der Waals surface area (Å²) in [6.07, 6.45) is 1.57. The molecule has 2 heterocycles. The maximum absolute atomic E-state index is 12.4. The third-order valence-corrected chi connectivity index (χ3v) is 4.26. The van der Waals surface area contributed by atoms with Gasteiger partial charge in [-0.25, -0.2) is 0 Å². The highest BCUT2D eigenvalue weighted by Gasteiger charge is 2.34. The van der Waals surface area contributed by atoms with Crippen molar-refractivity contribution in [2.45, 2.75) is 25.4 Å². The zero-order valence-electron chi connectivity index (χ0n) is 12.0. The molecule has 0 aromatic heterocycles. The summed E-state index contributed by atoms with van der Waals surface area (Å²) in [6, 6.07) is 9.60. The summed E-state index contributed by atoms with van der Waals surface area (Å²) in [5, 5.41) is 6.09. The van der Waals surface area contributed by atoms with Crippen LogP contribution in [0.5, 0.6) is 0 Å². The molecule has 3 rings (SSSR count). The first kappa shape index (κ1) is 14.1. The van der Waals surface area contributed by atoms with E-state index in [0.717, 1.165) is 25.1 Å². The maximum atomic E-state index is 12.4. The van der Waals surface area contributed by atoms with Gasteiger partial charge < -0.3 is 15.5 Å². The van der Waals surface area contributed by atoms with E-state index < -0.39 is 0 Å². The summed E-state index contributed by atoms with van der Waals surface area (Å²) >= 11 is 0. The fourth-order valence-electron chi connectivity index (χ4n) is 3.00. The van der Waals surface area contributed by atoms with Crippen molar-refractivity contribution in [2.24, 2.45) is 5.92 Å². The lowest BCUT2D eigenvalue weighted by Crippen LogP contribution is -2.44. The van der Waals surface area contributed by atoms with Crippen molar-refractivity contribution in [1.82, 2.24) is 15.5 Å². The first-order valence-corrected chi connectivity index (χ1v) is 7.58. The van der Waals surface area contributed by atoms with Crippen molar-refractivity contribution < 1.29 is 9.59 Å². The van der Waals surface area contributed by atoms with E-state index in [2.05, 4.69) is 10.6 Å². The number of amides is 2. The fraction of sp³-hybridized carbons (Fsp3) is 0.500. The van der Waals surface area contributed by atoms with Crippen LogP contribution in [0.3, 0.4) is 0 Å². The molecule has 0 saturated carbocycles. The third-order valence-electron chi connectivity index (χ3n) is 4.26. The minimum atomic E-state index is -0.346. The summed E-state index contributed by atoms with van der Waals surface area (Å²) in [6.45, 7) is 2.94. The molecule has 5 nitrogen and oxygen atoms in total. The number of rotatable bonds is 4. The second-order valence-electron chi connectivity index (χ2n) is 5.78. The molecule has 2 saturated heterocycles. The predicted molar refractivity (Wildman–Crippen MR) is 79.4 cm³/mol. The average Bonchev–Trinajstić information content (AvgIpc) is 3.14. The van der Waals surface area contributed by atoms with E-state index in [1.54, 1.807) is 0 Å². The number of benzene rings is 1. The highest BCUT2D eigenvalue weighted by molar-refractivity contribution is 5.90. The molecule has 1 aromatic rings. The second-order valence-corrected chi connectivity index (χ2v) is 5.78. The third kappa shape index (κ3) is 3.24. The van der Waals surface area contributed by atoms with E-state index in [1.807, 2.05) is 35.2 Å². The van der Waals surface area contributed by atoms with E-state index in [4.69, 9.17) is 0 Å². The lowest BCUT2D eigenvalue weighted by molar-refractivity contribution is -0.134. The second kappa shape index (κ2) is 6.26. The quantitative estimate of drug-likeness (QED) is 0.848. The molecule has 2 aliphatic rings. The van der Waals surface area contributed by atoms with Crippen LogP contribution in [-0.4, -0.2) is 42.4 Å². The molecule has 2 aliphatic heterocycles. The number of carbonyl (C=O) groups is 2. The molecule has 2 N–H and O–H groups in total. The normalized spacial score (nSPS) is 25.3. The Bertz CT molecular complexity index is 512. The Morgan fingerprint density at radius 2 is 2.10 bits per heavy atom. The molecule has 0 bridgehead atoms. The van der Waals surface area contributed by atoms with Crippen molar-refractivity contribution in [3.63, 3.8) is 0 Å². The van der Waals surface area contributed by atoms with E-state index in [9.17, 15) is 9.59 Å². The van der Waals surface area contributed by atoms with Crippen LogP contribution in [0, 0.1) is 5.92 Å². The van der Waals surface area contributed by atoms with Crippen LogP contribution in [-0.2, 0) is 16.1 Å². The zero-order valence-corrected chi connectivity index (χ0v) is 12.0. The molecule has 112 valence electrons. The van der Waals surface area contributed by atoms with Gasteiger partial charge >= 0.3 is 0 Å². The first-order chi connectivity index (χ1) is 10.2. The predicted octanol–water partition coefficient (Wildman–Crippen LogP) is 0.513. The van der Waals surface area contributed by atoms with Gasteiger partial charge in [-0.15, -0.1) is 0 Å². The molecular weight excluding hydrogens is 266 g/mol. The summed E-state index contributed by atoms with van der Waals surface area (Å²) in [4.78, 5) is 26.3. The van der Waals surface area contributed by atoms with E-state index >= 15 is 0 Å². The standard InChI is InChI=1S/C16H21N3O2/c20-15(13-6-8-17-10-13)18-14-7-9-19(16(14)21)11-12-4-2-1-3-5-12/h1-5,13-14,17H,6-11H2,(H,18,20). The van der Waals surface area contributed by atoms with Gasteiger partial charge in [0, 0.05) is 19.6 Å². The molecular formula is C16H21N3O2. The van der Waals surface area contributed by atoms with E-state index in [1.165, 1.54) is 0 Å². The molecule has 0 radical (unpaired) electrons. The number of hydrogen-bond donors (Lipinski definition) is 2. The SMILES string of the molecule is O=C(NC1CCN(Cc2ccccc2)C1=O)C1CCNC1. The van der Waals surface area contributed by atoms with Gasteiger partial charge in [0.1, 0.15) is 6.04 Å². The van der Waals surface area contributed by atoms with Gasteiger partial charge in [-0.3, -0.25) is 9.59 Å². The van der Waals surface area contributed by atoms with E-state index in [-0.39, 0.29) is 23.8 Å². The van der Waals surface area contributed by atoms with Crippen LogP contribution >= 0.6 is 0 Å². The van der Waals surface area contributed by atoms with Gasteiger partial charge in [0.05, 0.1) is 5.92 Å². The van der Waals surface area contributed by atoms with Crippen molar-refractivity contribution >= 4 is 11.8 Å². The average molecular weight is 287 g/mol. The lowest BCUT2D eigenvalue weighted by Gasteiger charge is -2.18. The zero-order chi connectivity index (χ0) is 14.7. The van der Waals surface area contributed by atoms with Crippen molar-refractivity contribution in [2.75, 3.05) is 19.6 Å². The molecule has 2 unspecified atom stereocenters. The highest BCUT2D eigenvalue weighted by Crippen LogP contribution is 2.16. The number of nitrogens with zero attached hydrogens (tertiary/aromatic N) is 1. The Hall–Kier alpha value is -1.88. The van der Waals surface area contributed by atoms with Crippen LogP contribution in [0.1, 0.15) is 18.4 Å². The van der Waals surface area contributed by atoms with Gasteiger partial charge in [-0.1, -0.05) is 30.3 Å². The Kier molecular flexibility index (Phi) is 4.20. The summed E-state index contributed by atoms with van der Waals surface area (Å²) in [5.74, 6) is 0.0686. The summed E-state index contributed by atoms with van der Waals surface area (Å²) in [5.41, 5.74) is 1.12. The first-order valence-electron chi connectivity index (χ1n) is 7.58. The highest BCUT2D eigenvalue weighted by atomic mass is 16.2. The molecule has 0 aliphatic carbocycles. The summed E-state index contributed by atoms with van der Waals surface area (Å²) < 4.78 is 0. The van der Waals surface area contributed by atoms with Crippen LogP contribution < -0.4 is 10.6 Å². The van der Waals surface area contributed by atoms with Crippen LogP contribution in [0.15, 0.2) is 30.3 Å². The molecule has 21 heavy (non-hydrogen) atoms. The molecule has 2 fully saturated rings. The van der Waals surface area contributed by atoms with Crippen LogP contribution in [0.4, 0.5) is 0 Å². The van der Waals surface area contributed by atoms with Crippen molar-refractivity contribution in [3.05, 3.63) is 35.9 Å². The molecule has 5 heteroatoms. The molecule has 0 spiro atoms. The van der Waals surface area contributed by atoms with Gasteiger partial charge in [0.2, 0.25) is 11.8 Å². The Balaban J connectivity index is 1.55. The molecule has 2 atom stereocenters. The number of hydrogen-bond acceptors (Lipinski definition) is 3. The van der Waals surface area contributed by atoms with Crippen LogP contribution in [0.2, 0.25) is 0 Å².